The van der Waals surface area contributed by atoms with Crippen LogP contribution in [0.5, 0.6) is 0 Å². The van der Waals surface area contributed by atoms with Crippen molar-refractivity contribution in [1.82, 2.24) is 4.90 Å². The number of amides is 2. The molecule has 0 bridgehead atoms. The number of methoxy groups -OCH3 is 1. The second-order valence-electron chi connectivity index (χ2n) is 3.36. The van der Waals surface area contributed by atoms with Gasteiger partial charge in [-0.25, -0.2) is 0 Å². The zero-order valence-corrected chi connectivity index (χ0v) is 10.2. The third-order valence-electron chi connectivity index (χ3n) is 2.21. The highest BCUT2D eigenvalue weighted by molar-refractivity contribution is 8.18. The Labute approximate surface area is 107 Å². The van der Waals surface area contributed by atoms with Crippen LogP contribution in [-0.4, -0.2) is 35.7 Å². The van der Waals surface area contributed by atoms with Crippen LogP contribution in [0.4, 0.5) is 4.79 Å². The lowest BCUT2D eigenvalue weighted by atomic mass is 10.3. The summed E-state index contributed by atoms with van der Waals surface area (Å²) in [4.78, 5) is 35.6. The van der Waals surface area contributed by atoms with Gasteiger partial charge >= 0.3 is 5.97 Å². The van der Waals surface area contributed by atoms with Crippen molar-refractivity contribution >= 4 is 35.0 Å². The Kier molecular flexibility index (Phi) is 3.52. The van der Waals surface area contributed by atoms with E-state index in [-0.39, 0.29) is 11.4 Å². The highest BCUT2D eigenvalue weighted by Gasteiger charge is 2.36. The van der Waals surface area contributed by atoms with Gasteiger partial charge in [-0.2, -0.15) is 0 Å². The number of carbonyl (C=O) groups is 3. The van der Waals surface area contributed by atoms with Crippen LogP contribution in [0.1, 0.15) is 5.76 Å². The van der Waals surface area contributed by atoms with Crippen molar-refractivity contribution in [3.05, 3.63) is 29.1 Å². The van der Waals surface area contributed by atoms with E-state index < -0.39 is 17.1 Å². The molecule has 2 rings (SSSR count). The fourth-order valence-corrected chi connectivity index (χ4v) is 2.15. The van der Waals surface area contributed by atoms with E-state index in [2.05, 4.69) is 4.74 Å². The number of hydrogen-bond donors (Lipinski definition) is 0. The maximum atomic E-state index is 11.9. The first-order valence-corrected chi connectivity index (χ1v) is 5.79. The van der Waals surface area contributed by atoms with Crippen LogP contribution in [0.25, 0.3) is 6.08 Å². The zero-order chi connectivity index (χ0) is 13.1. The molecule has 1 aliphatic rings. The molecule has 0 aliphatic carbocycles. The Morgan fingerprint density at radius 1 is 1.56 bits per heavy atom. The van der Waals surface area contributed by atoms with Crippen LogP contribution in [-0.2, 0) is 14.3 Å². The van der Waals surface area contributed by atoms with Gasteiger partial charge in [0, 0.05) is 6.08 Å². The topological polar surface area (TPSA) is 76.8 Å². The number of ether oxygens (including phenoxy) is 1. The normalized spacial score (nSPS) is 17.6. The molecule has 2 amide bonds. The molecule has 94 valence electrons. The second-order valence-corrected chi connectivity index (χ2v) is 4.35. The molecule has 1 aliphatic heterocycles. The Hall–Kier alpha value is -2.02. The highest BCUT2D eigenvalue weighted by Crippen LogP contribution is 2.31. The van der Waals surface area contributed by atoms with Crippen molar-refractivity contribution in [2.75, 3.05) is 13.7 Å². The number of furan rings is 1. The molecule has 0 saturated carbocycles. The van der Waals surface area contributed by atoms with Crippen molar-refractivity contribution in [3.63, 3.8) is 0 Å². The van der Waals surface area contributed by atoms with E-state index in [0.29, 0.717) is 5.76 Å². The minimum Gasteiger partial charge on any atom is -0.468 e. The summed E-state index contributed by atoms with van der Waals surface area (Å²) in [6.45, 7) is -0.378. The highest BCUT2D eigenvalue weighted by atomic mass is 32.2. The van der Waals surface area contributed by atoms with Crippen molar-refractivity contribution in [2.45, 2.75) is 0 Å². The smallest absolute Gasteiger partial charge is 0.325 e. The van der Waals surface area contributed by atoms with Gasteiger partial charge in [-0.05, 0) is 23.9 Å². The Morgan fingerprint density at radius 3 is 2.94 bits per heavy atom. The molecule has 1 aromatic heterocycles. The van der Waals surface area contributed by atoms with E-state index in [1.165, 1.54) is 19.4 Å². The van der Waals surface area contributed by atoms with Crippen molar-refractivity contribution in [2.24, 2.45) is 0 Å². The summed E-state index contributed by atoms with van der Waals surface area (Å²) in [5.74, 6) is -0.693. The molecule has 0 atom stereocenters. The van der Waals surface area contributed by atoms with Crippen LogP contribution >= 0.6 is 11.8 Å². The third kappa shape index (κ3) is 2.45. The molecule has 0 aromatic carbocycles. The van der Waals surface area contributed by atoms with E-state index in [4.69, 9.17) is 4.42 Å². The van der Waals surface area contributed by atoms with Gasteiger partial charge in [-0.3, -0.25) is 19.3 Å². The van der Waals surface area contributed by atoms with Crippen molar-refractivity contribution in [1.29, 1.82) is 0 Å². The van der Waals surface area contributed by atoms with Gasteiger partial charge in [0.1, 0.15) is 12.3 Å². The molecule has 0 radical (unpaired) electrons. The van der Waals surface area contributed by atoms with Gasteiger partial charge in [0.2, 0.25) is 0 Å². The number of carbonyl (C=O) groups excluding carboxylic acids is 3. The van der Waals surface area contributed by atoms with Crippen molar-refractivity contribution in [3.8, 4) is 0 Å². The molecule has 6 nitrogen and oxygen atoms in total. The molecule has 0 N–H and O–H groups in total. The molecule has 18 heavy (non-hydrogen) atoms. The average molecular weight is 267 g/mol. The molecule has 7 heteroatoms. The summed E-state index contributed by atoms with van der Waals surface area (Å²) in [6.07, 6.45) is 2.92. The maximum Gasteiger partial charge on any atom is 0.325 e. The van der Waals surface area contributed by atoms with Gasteiger partial charge in [-0.15, -0.1) is 0 Å². The number of hydrogen-bond acceptors (Lipinski definition) is 6. The first-order valence-electron chi connectivity index (χ1n) is 4.97. The summed E-state index contributed by atoms with van der Waals surface area (Å²) in [5, 5.41) is -0.497. The monoisotopic (exact) mass is 267 g/mol. The Morgan fingerprint density at radius 2 is 2.33 bits per heavy atom. The summed E-state index contributed by atoms with van der Waals surface area (Å²) < 4.78 is 9.47. The SMILES string of the molecule is COC(=O)CN1C(=O)S/C(=C/c2ccco2)C1=O. The molecule has 2 heterocycles. The van der Waals surface area contributed by atoms with Crippen LogP contribution in [0, 0.1) is 0 Å². The molecule has 1 fully saturated rings. The molecular formula is C11H9NO5S. The molecular weight excluding hydrogens is 258 g/mol. The molecule has 0 spiro atoms. The van der Waals surface area contributed by atoms with E-state index in [1.807, 2.05) is 0 Å². The number of imide groups is 1. The van der Waals surface area contributed by atoms with Crippen LogP contribution in [0.2, 0.25) is 0 Å². The summed E-state index contributed by atoms with van der Waals surface area (Å²) in [5.41, 5.74) is 0. The van der Waals surface area contributed by atoms with Crippen LogP contribution in [0.3, 0.4) is 0 Å². The lowest BCUT2D eigenvalue weighted by Crippen LogP contribution is -2.34. The minimum absolute atomic E-state index is 0.221. The number of thioether (sulfide) groups is 1. The molecule has 1 aromatic rings. The standard InChI is InChI=1S/C11H9NO5S/c1-16-9(13)6-12-10(14)8(18-11(12)15)5-7-3-2-4-17-7/h2-5H,6H2,1H3/b8-5+. The summed E-state index contributed by atoms with van der Waals surface area (Å²) in [6, 6.07) is 3.33. The first kappa shape index (κ1) is 12.4. The predicted octanol–water partition coefficient (Wildman–Crippen LogP) is 1.49. The van der Waals surface area contributed by atoms with Gasteiger partial charge in [0.25, 0.3) is 11.1 Å². The third-order valence-corrected chi connectivity index (χ3v) is 3.11. The van der Waals surface area contributed by atoms with Gasteiger partial charge in [0.05, 0.1) is 18.3 Å². The quantitative estimate of drug-likeness (QED) is 0.610. The number of rotatable bonds is 3. The molecule has 0 unspecified atom stereocenters. The van der Waals surface area contributed by atoms with E-state index in [1.54, 1.807) is 12.1 Å². The lowest BCUT2D eigenvalue weighted by molar-refractivity contribution is -0.143. The first-order chi connectivity index (χ1) is 8.61. The fourth-order valence-electron chi connectivity index (χ4n) is 1.33. The van der Waals surface area contributed by atoms with Crippen LogP contribution in [0.15, 0.2) is 27.7 Å². The lowest BCUT2D eigenvalue weighted by Gasteiger charge is -2.09. The van der Waals surface area contributed by atoms with Crippen molar-refractivity contribution < 1.29 is 23.5 Å². The van der Waals surface area contributed by atoms with E-state index in [0.717, 1.165) is 16.7 Å². The molecule has 1 saturated heterocycles. The summed E-state index contributed by atoms with van der Waals surface area (Å²) >= 11 is 0.763. The largest absolute Gasteiger partial charge is 0.468 e. The maximum absolute atomic E-state index is 11.9. The van der Waals surface area contributed by atoms with Gasteiger partial charge < -0.3 is 9.15 Å². The average Bonchev–Trinajstić information content (AvgIpc) is 2.94. The van der Waals surface area contributed by atoms with Gasteiger partial charge in [0.15, 0.2) is 0 Å². The van der Waals surface area contributed by atoms with E-state index >= 15 is 0 Å². The Balaban J connectivity index is 2.16. The number of nitrogens with zero attached hydrogens (tertiary/aromatic N) is 1. The zero-order valence-electron chi connectivity index (χ0n) is 9.41. The fraction of sp³-hybridized carbons (Fsp3) is 0.182. The second kappa shape index (κ2) is 5.09. The van der Waals surface area contributed by atoms with Gasteiger partial charge in [-0.1, -0.05) is 0 Å². The van der Waals surface area contributed by atoms with E-state index in [9.17, 15) is 14.4 Å². The minimum atomic E-state index is -0.642. The number of esters is 1. The van der Waals surface area contributed by atoms with Crippen LogP contribution < -0.4 is 0 Å². The Bertz CT molecular complexity index is 520. The predicted molar refractivity (Wildman–Crippen MR) is 63.4 cm³/mol. The summed E-state index contributed by atoms with van der Waals surface area (Å²) in [7, 11) is 1.19.